The van der Waals surface area contributed by atoms with Crippen molar-refractivity contribution in [3.05, 3.63) is 12.4 Å². The summed E-state index contributed by atoms with van der Waals surface area (Å²) >= 11 is 0. The summed E-state index contributed by atoms with van der Waals surface area (Å²) in [4.78, 5) is 3.97. The maximum absolute atomic E-state index is 5.81. The van der Waals surface area contributed by atoms with Gasteiger partial charge in [-0.3, -0.25) is 0 Å². The number of hydrogen-bond donors (Lipinski definition) is 1. The molecule has 1 aromatic heterocycles. The molecule has 0 amide bonds. The van der Waals surface area contributed by atoms with Crippen LogP contribution >= 0.6 is 0 Å². The van der Waals surface area contributed by atoms with Gasteiger partial charge in [0, 0.05) is 18.9 Å². The molecule has 1 saturated carbocycles. The molecule has 0 atom stereocenters. The molecule has 0 aromatic carbocycles. The molecular formula is C11H19N3O. The van der Waals surface area contributed by atoms with E-state index in [1.54, 1.807) is 6.20 Å². The molecule has 0 unspecified atom stereocenters. The molecule has 0 bridgehead atoms. The van der Waals surface area contributed by atoms with E-state index in [0.717, 1.165) is 13.2 Å². The molecule has 0 saturated heterocycles. The standard InChI is InChI=1S/C11H19N3O/c12-11-13-6-7-14(11)8-9-15-10-4-2-1-3-5-10/h6-7,10H,1-5,8-9H2,(H2,12,13). The number of nitrogens with two attached hydrogens (primary N) is 1. The number of anilines is 1. The average molecular weight is 209 g/mol. The summed E-state index contributed by atoms with van der Waals surface area (Å²) in [5, 5.41) is 0. The fourth-order valence-electron chi connectivity index (χ4n) is 2.08. The lowest BCUT2D eigenvalue weighted by Crippen LogP contribution is -2.19. The van der Waals surface area contributed by atoms with Crippen LogP contribution in [0.3, 0.4) is 0 Å². The van der Waals surface area contributed by atoms with Crippen molar-refractivity contribution in [3.8, 4) is 0 Å². The summed E-state index contributed by atoms with van der Waals surface area (Å²) in [6, 6.07) is 0. The molecule has 1 aliphatic rings. The monoisotopic (exact) mass is 209 g/mol. The van der Waals surface area contributed by atoms with Crippen molar-refractivity contribution in [1.82, 2.24) is 9.55 Å². The highest BCUT2D eigenvalue weighted by atomic mass is 16.5. The van der Waals surface area contributed by atoms with Gasteiger partial charge in [0.15, 0.2) is 5.95 Å². The Balaban J connectivity index is 1.68. The normalized spacial score (nSPS) is 18.1. The molecule has 1 fully saturated rings. The zero-order valence-electron chi connectivity index (χ0n) is 9.06. The van der Waals surface area contributed by atoms with Gasteiger partial charge in [-0.25, -0.2) is 4.98 Å². The van der Waals surface area contributed by atoms with E-state index in [0.29, 0.717) is 12.1 Å². The fraction of sp³-hybridized carbons (Fsp3) is 0.727. The van der Waals surface area contributed by atoms with Crippen molar-refractivity contribution in [2.75, 3.05) is 12.3 Å². The summed E-state index contributed by atoms with van der Waals surface area (Å²) in [6.45, 7) is 1.55. The molecule has 15 heavy (non-hydrogen) atoms. The van der Waals surface area contributed by atoms with Crippen LogP contribution in [0.25, 0.3) is 0 Å². The minimum Gasteiger partial charge on any atom is -0.376 e. The molecule has 2 N–H and O–H groups in total. The van der Waals surface area contributed by atoms with Crippen LogP contribution in [0.15, 0.2) is 12.4 Å². The van der Waals surface area contributed by atoms with Gasteiger partial charge in [0.1, 0.15) is 0 Å². The Hall–Kier alpha value is -1.03. The Morgan fingerprint density at radius 1 is 1.40 bits per heavy atom. The van der Waals surface area contributed by atoms with E-state index in [1.807, 2.05) is 10.8 Å². The third kappa shape index (κ3) is 2.96. The van der Waals surface area contributed by atoms with Gasteiger partial charge >= 0.3 is 0 Å². The first-order valence-electron chi connectivity index (χ1n) is 5.74. The lowest BCUT2D eigenvalue weighted by atomic mass is 9.98. The summed E-state index contributed by atoms with van der Waals surface area (Å²) in [5.74, 6) is 0.572. The Labute approximate surface area is 90.4 Å². The average Bonchev–Trinajstić information content (AvgIpc) is 2.66. The van der Waals surface area contributed by atoms with Crippen molar-refractivity contribution >= 4 is 5.95 Å². The first-order chi connectivity index (χ1) is 7.36. The van der Waals surface area contributed by atoms with Gasteiger partial charge in [0.05, 0.1) is 12.7 Å². The Bertz CT molecular complexity index is 292. The second kappa shape index (κ2) is 5.16. The van der Waals surface area contributed by atoms with E-state index in [9.17, 15) is 0 Å². The zero-order chi connectivity index (χ0) is 10.5. The lowest BCUT2D eigenvalue weighted by Gasteiger charge is -2.22. The minimum absolute atomic E-state index is 0.475. The first kappa shape index (κ1) is 10.5. The lowest BCUT2D eigenvalue weighted by molar-refractivity contribution is 0.0243. The summed E-state index contributed by atoms with van der Waals surface area (Å²) < 4.78 is 7.73. The number of rotatable bonds is 4. The molecular weight excluding hydrogens is 190 g/mol. The van der Waals surface area contributed by atoms with Gasteiger partial charge in [-0.15, -0.1) is 0 Å². The second-order valence-corrected chi connectivity index (χ2v) is 4.11. The SMILES string of the molecule is Nc1nccn1CCOC1CCCCC1. The number of aromatic nitrogens is 2. The summed E-state index contributed by atoms with van der Waals surface area (Å²) in [6.07, 6.45) is 10.5. The topological polar surface area (TPSA) is 53.1 Å². The quantitative estimate of drug-likeness (QED) is 0.822. The predicted molar refractivity (Wildman–Crippen MR) is 59.5 cm³/mol. The van der Waals surface area contributed by atoms with Gasteiger partial charge < -0.3 is 15.0 Å². The van der Waals surface area contributed by atoms with E-state index >= 15 is 0 Å². The number of nitrogens with zero attached hydrogens (tertiary/aromatic N) is 2. The minimum atomic E-state index is 0.475. The third-order valence-electron chi connectivity index (χ3n) is 2.99. The molecule has 0 radical (unpaired) electrons. The molecule has 1 heterocycles. The Morgan fingerprint density at radius 3 is 2.87 bits per heavy atom. The zero-order valence-corrected chi connectivity index (χ0v) is 9.06. The van der Waals surface area contributed by atoms with E-state index in [2.05, 4.69) is 4.98 Å². The summed E-state index contributed by atoms with van der Waals surface area (Å²) in [7, 11) is 0. The van der Waals surface area contributed by atoms with Crippen LogP contribution in [0.5, 0.6) is 0 Å². The van der Waals surface area contributed by atoms with Crippen LogP contribution in [0.4, 0.5) is 5.95 Å². The van der Waals surface area contributed by atoms with Crippen molar-refractivity contribution in [3.63, 3.8) is 0 Å². The van der Waals surface area contributed by atoms with Gasteiger partial charge in [0.25, 0.3) is 0 Å². The molecule has 1 aromatic rings. The Morgan fingerprint density at radius 2 is 2.20 bits per heavy atom. The fourth-order valence-corrected chi connectivity index (χ4v) is 2.08. The van der Waals surface area contributed by atoms with Crippen molar-refractivity contribution < 1.29 is 4.74 Å². The largest absolute Gasteiger partial charge is 0.376 e. The van der Waals surface area contributed by atoms with Crippen LogP contribution in [-0.2, 0) is 11.3 Å². The maximum Gasteiger partial charge on any atom is 0.200 e. The molecule has 1 aliphatic carbocycles. The van der Waals surface area contributed by atoms with Crippen LogP contribution < -0.4 is 5.73 Å². The predicted octanol–water partition coefficient (Wildman–Crippen LogP) is 1.81. The molecule has 4 nitrogen and oxygen atoms in total. The smallest absolute Gasteiger partial charge is 0.200 e. The maximum atomic E-state index is 5.81. The van der Waals surface area contributed by atoms with Gasteiger partial charge in [-0.2, -0.15) is 0 Å². The van der Waals surface area contributed by atoms with Gasteiger partial charge in [-0.1, -0.05) is 19.3 Å². The van der Waals surface area contributed by atoms with Gasteiger partial charge in [-0.05, 0) is 12.8 Å². The molecule has 84 valence electrons. The summed E-state index contributed by atoms with van der Waals surface area (Å²) in [5.41, 5.74) is 5.66. The van der Waals surface area contributed by atoms with Crippen LogP contribution in [0.1, 0.15) is 32.1 Å². The number of ether oxygens (including phenoxy) is 1. The number of hydrogen-bond acceptors (Lipinski definition) is 3. The highest BCUT2D eigenvalue weighted by Crippen LogP contribution is 2.20. The van der Waals surface area contributed by atoms with Crippen molar-refractivity contribution in [2.45, 2.75) is 44.8 Å². The van der Waals surface area contributed by atoms with E-state index in [4.69, 9.17) is 10.5 Å². The molecule has 0 aliphatic heterocycles. The van der Waals surface area contributed by atoms with E-state index in [1.165, 1.54) is 32.1 Å². The molecule has 2 rings (SSSR count). The van der Waals surface area contributed by atoms with Crippen LogP contribution in [0, 0.1) is 0 Å². The van der Waals surface area contributed by atoms with Crippen molar-refractivity contribution in [1.29, 1.82) is 0 Å². The number of nitrogen functional groups attached to an aromatic ring is 1. The van der Waals surface area contributed by atoms with Crippen LogP contribution in [0.2, 0.25) is 0 Å². The third-order valence-corrected chi connectivity index (χ3v) is 2.99. The van der Waals surface area contributed by atoms with E-state index in [-0.39, 0.29) is 0 Å². The number of imidazole rings is 1. The van der Waals surface area contributed by atoms with Gasteiger partial charge in [0.2, 0.25) is 0 Å². The Kier molecular flexibility index (Phi) is 3.61. The molecule has 4 heteroatoms. The molecule has 0 spiro atoms. The van der Waals surface area contributed by atoms with E-state index < -0.39 is 0 Å². The highest BCUT2D eigenvalue weighted by Gasteiger charge is 2.13. The second-order valence-electron chi connectivity index (χ2n) is 4.11. The first-order valence-corrected chi connectivity index (χ1v) is 5.74. The van der Waals surface area contributed by atoms with Crippen molar-refractivity contribution in [2.24, 2.45) is 0 Å². The highest BCUT2D eigenvalue weighted by molar-refractivity contribution is 5.16. The van der Waals surface area contributed by atoms with Crippen LogP contribution in [-0.4, -0.2) is 22.3 Å².